The number of ether oxygens (including phenoxy) is 1. The van der Waals surface area contributed by atoms with E-state index in [0.717, 1.165) is 16.8 Å². The summed E-state index contributed by atoms with van der Waals surface area (Å²) in [5.41, 5.74) is 4.79. The third-order valence-corrected chi connectivity index (χ3v) is 4.81. The van der Waals surface area contributed by atoms with Crippen LogP contribution in [-0.2, 0) is 18.2 Å². The molecule has 0 radical (unpaired) electrons. The van der Waals surface area contributed by atoms with E-state index in [4.69, 9.17) is 4.74 Å². The third-order valence-electron chi connectivity index (χ3n) is 4.81. The van der Waals surface area contributed by atoms with Crippen molar-refractivity contribution in [3.8, 4) is 34.5 Å². The van der Waals surface area contributed by atoms with E-state index in [0.29, 0.717) is 34.5 Å². The van der Waals surface area contributed by atoms with Gasteiger partial charge in [-0.05, 0) is 31.0 Å². The highest BCUT2D eigenvalue weighted by Crippen LogP contribution is 2.34. The van der Waals surface area contributed by atoms with Crippen molar-refractivity contribution in [2.24, 2.45) is 7.05 Å². The van der Waals surface area contributed by atoms with Gasteiger partial charge in [0, 0.05) is 30.1 Å². The maximum atomic E-state index is 12.6. The Hall–Kier alpha value is -3.90. The molecule has 6 nitrogen and oxygen atoms in total. The highest BCUT2D eigenvalue weighted by atomic mass is 16.5. The predicted octanol–water partition coefficient (Wildman–Crippen LogP) is 4.24. The molecule has 0 saturated carbocycles. The number of carbonyl (C=O) groups excluding carboxylic acids is 1. The largest absolute Gasteiger partial charge is 0.461 e. The van der Waals surface area contributed by atoms with Crippen LogP contribution in [0.2, 0.25) is 0 Å². The van der Waals surface area contributed by atoms with Crippen LogP contribution in [0.25, 0.3) is 22.4 Å². The highest BCUT2D eigenvalue weighted by molar-refractivity contribution is 5.98. The molecule has 0 amide bonds. The first-order valence-electron chi connectivity index (χ1n) is 9.31. The number of benzene rings is 1. The molecule has 2 heterocycles. The van der Waals surface area contributed by atoms with Gasteiger partial charge >= 0.3 is 5.97 Å². The zero-order valence-corrected chi connectivity index (χ0v) is 16.6. The second-order valence-electron chi connectivity index (χ2n) is 6.38. The van der Waals surface area contributed by atoms with Gasteiger partial charge < -0.3 is 9.30 Å². The van der Waals surface area contributed by atoms with Crippen LogP contribution in [0.3, 0.4) is 0 Å². The number of aromatic nitrogens is 2. The van der Waals surface area contributed by atoms with E-state index in [1.165, 1.54) is 0 Å². The zero-order chi connectivity index (χ0) is 21.0. The van der Waals surface area contributed by atoms with Gasteiger partial charge in [0.15, 0.2) is 0 Å². The molecule has 2 aromatic heterocycles. The van der Waals surface area contributed by atoms with Crippen LogP contribution in [0.5, 0.6) is 0 Å². The molecule has 0 saturated heterocycles. The second kappa shape index (κ2) is 8.41. The average molecular weight is 384 g/mol. The maximum absolute atomic E-state index is 12.6. The molecule has 0 aliphatic carbocycles. The van der Waals surface area contributed by atoms with E-state index in [2.05, 4.69) is 17.1 Å². The standard InChI is InChI=1S/C23H20N4O2/c1-4-19-18(14-25)20(22(27(19)3)23(28)29-5-2)15-8-10-16(11-9-15)21-17(13-24)7-6-12-26-21/h6-12H,4-5H2,1-3H3. The summed E-state index contributed by atoms with van der Waals surface area (Å²) in [4.78, 5) is 16.9. The summed E-state index contributed by atoms with van der Waals surface area (Å²) in [6, 6.07) is 15.2. The van der Waals surface area contributed by atoms with Crippen molar-refractivity contribution in [3.05, 3.63) is 65.1 Å². The van der Waals surface area contributed by atoms with Crippen LogP contribution in [0.15, 0.2) is 42.6 Å². The maximum Gasteiger partial charge on any atom is 0.355 e. The fraction of sp³-hybridized carbons (Fsp3) is 0.217. The molecular formula is C23H20N4O2. The Kier molecular flexibility index (Phi) is 5.76. The molecule has 6 heteroatoms. The van der Waals surface area contributed by atoms with Gasteiger partial charge in [0.1, 0.15) is 17.8 Å². The van der Waals surface area contributed by atoms with Gasteiger partial charge in [-0.25, -0.2) is 4.79 Å². The minimum atomic E-state index is -0.457. The number of pyridine rings is 1. The van der Waals surface area contributed by atoms with Crippen LogP contribution in [-0.4, -0.2) is 22.1 Å². The normalized spacial score (nSPS) is 10.2. The van der Waals surface area contributed by atoms with E-state index in [1.54, 1.807) is 36.9 Å². The minimum Gasteiger partial charge on any atom is -0.461 e. The van der Waals surface area contributed by atoms with Crippen LogP contribution >= 0.6 is 0 Å². The zero-order valence-electron chi connectivity index (χ0n) is 16.6. The fourth-order valence-corrected chi connectivity index (χ4v) is 3.51. The topological polar surface area (TPSA) is 91.7 Å². The quantitative estimate of drug-likeness (QED) is 0.614. The molecule has 0 fully saturated rings. The lowest BCUT2D eigenvalue weighted by atomic mass is 9.97. The van der Waals surface area contributed by atoms with Crippen LogP contribution in [0, 0.1) is 22.7 Å². The molecule has 3 aromatic rings. The Balaban J connectivity index is 2.17. The number of rotatable bonds is 5. The second-order valence-corrected chi connectivity index (χ2v) is 6.38. The molecular weight excluding hydrogens is 364 g/mol. The van der Waals surface area contributed by atoms with E-state index in [-0.39, 0.29) is 6.61 Å². The smallest absolute Gasteiger partial charge is 0.355 e. The van der Waals surface area contributed by atoms with Gasteiger partial charge in [0.25, 0.3) is 0 Å². The molecule has 0 spiro atoms. The Morgan fingerprint density at radius 3 is 2.38 bits per heavy atom. The Labute approximate surface area is 169 Å². The van der Waals surface area contributed by atoms with Gasteiger partial charge in [-0.2, -0.15) is 10.5 Å². The lowest BCUT2D eigenvalue weighted by Gasteiger charge is -2.09. The van der Waals surface area contributed by atoms with Crippen molar-refractivity contribution >= 4 is 5.97 Å². The highest BCUT2D eigenvalue weighted by Gasteiger charge is 2.26. The molecule has 0 aliphatic heterocycles. The minimum absolute atomic E-state index is 0.252. The van der Waals surface area contributed by atoms with Crippen molar-refractivity contribution in [2.45, 2.75) is 20.3 Å². The van der Waals surface area contributed by atoms with Crippen molar-refractivity contribution in [2.75, 3.05) is 6.61 Å². The van der Waals surface area contributed by atoms with Crippen LogP contribution in [0.4, 0.5) is 0 Å². The molecule has 3 rings (SSSR count). The Bertz CT molecular complexity index is 1150. The van der Waals surface area contributed by atoms with Gasteiger partial charge in [0.05, 0.1) is 23.4 Å². The first-order valence-corrected chi connectivity index (χ1v) is 9.31. The summed E-state index contributed by atoms with van der Waals surface area (Å²) in [7, 11) is 1.77. The Morgan fingerprint density at radius 2 is 1.79 bits per heavy atom. The fourth-order valence-electron chi connectivity index (χ4n) is 3.51. The van der Waals surface area contributed by atoms with Crippen molar-refractivity contribution in [3.63, 3.8) is 0 Å². The summed E-state index contributed by atoms with van der Waals surface area (Å²) in [5, 5.41) is 19.1. The number of nitriles is 2. The monoisotopic (exact) mass is 384 g/mol. The summed E-state index contributed by atoms with van der Waals surface area (Å²) in [5.74, 6) is -0.457. The molecule has 144 valence electrons. The van der Waals surface area contributed by atoms with E-state index in [9.17, 15) is 15.3 Å². The van der Waals surface area contributed by atoms with E-state index < -0.39 is 5.97 Å². The Morgan fingerprint density at radius 1 is 1.10 bits per heavy atom. The first kappa shape index (κ1) is 19.9. The molecule has 29 heavy (non-hydrogen) atoms. The number of nitrogens with zero attached hydrogens (tertiary/aromatic N) is 4. The van der Waals surface area contributed by atoms with Gasteiger partial charge in [0.2, 0.25) is 0 Å². The summed E-state index contributed by atoms with van der Waals surface area (Å²) in [6.45, 7) is 3.95. The lowest BCUT2D eigenvalue weighted by Crippen LogP contribution is -2.12. The number of esters is 1. The summed E-state index contributed by atoms with van der Waals surface area (Å²) in [6.07, 6.45) is 2.25. The molecule has 0 atom stereocenters. The molecule has 1 aromatic carbocycles. The first-order chi connectivity index (χ1) is 14.1. The van der Waals surface area contributed by atoms with Crippen molar-refractivity contribution < 1.29 is 9.53 Å². The molecule has 0 aliphatic rings. The van der Waals surface area contributed by atoms with Crippen molar-refractivity contribution in [1.29, 1.82) is 10.5 Å². The average Bonchev–Trinajstić information content (AvgIpc) is 3.05. The molecule has 0 unspecified atom stereocenters. The number of hydrogen-bond acceptors (Lipinski definition) is 5. The SMILES string of the molecule is CCOC(=O)c1c(-c2ccc(-c3ncccc3C#N)cc2)c(C#N)c(CC)n1C. The number of carbonyl (C=O) groups is 1. The van der Waals surface area contributed by atoms with Gasteiger partial charge in [-0.15, -0.1) is 0 Å². The van der Waals surface area contributed by atoms with Crippen LogP contribution in [0.1, 0.15) is 41.2 Å². The van der Waals surface area contributed by atoms with E-state index >= 15 is 0 Å². The summed E-state index contributed by atoms with van der Waals surface area (Å²) < 4.78 is 6.98. The lowest BCUT2D eigenvalue weighted by molar-refractivity contribution is 0.0516. The predicted molar refractivity (Wildman–Crippen MR) is 109 cm³/mol. The molecule has 0 bridgehead atoms. The third kappa shape index (κ3) is 3.49. The number of hydrogen-bond donors (Lipinski definition) is 0. The summed E-state index contributed by atoms with van der Waals surface area (Å²) >= 11 is 0. The van der Waals surface area contributed by atoms with E-state index in [1.807, 2.05) is 31.2 Å². The van der Waals surface area contributed by atoms with Gasteiger partial charge in [-0.1, -0.05) is 31.2 Å². The van der Waals surface area contributed by atoms with Crippen molar-refractivity contribution in [1.82, 2.24) is 9.55 Å². The van der Waals surface area contributed by atoms with Crippen LogP contribution < -0.4 is 0 Å². The molecule has 0 N–H and O–H groups in total. The van der Waals surface area contributed by atoms with Gasteiger partial charge in [-0.3, -0.25) is 4.98 Å².